The number of carbonyl (C=O) groups excluding carboxylic acids is 1. The lowest BCUT2D eigenvalue weighted by Crippen LogP contribution is -2.23. The molecule has 0 atom stereocenters. The zero-order valence-corrected chi connectivity index (χ0v) is 11.8. The summed E-state index contributed by atoms with van der Waals surface area (Å²) in [5.41, 5.74) is 8.88. The molecule has 1 aromatic heterocycles. The molecule has 0 aliphatic heterocycles. The summed E-state index contributed by atoms with van der Waals surface area (Å²) >= 11 is 0. The van der Waals surface area contributed by atoms with Crippen LogP contribution in [0.1, 0.15) is 32.9 Å². The minimum Gasteiger partial charge on any atom is -0.361 e. The van der Waals surface area contributed by atoms with Gasteiger partial charge in [-0.15, -0.1) is 0 Å². The third-order valence-corrected chi connectivity index (χ3v) is 3.17. The monoisotopic (exact) mass is 273 g/mol. The molecule has 1 amide bonds. The van der Waals surface area contributed by atoms with E-state index < -0.39 is 0 Å². The number of benzene rings is 1. The van der Waals surface area contributed by atoms with Gasteiger partial charge in [-0.05, 0) is 37.9 Å². The second-order valence-electron chi connectivity index (χ2n) is 4.74. The van der Waals surface area contributed by atoms with Crippen LogP contribution in [0.25, 0.3) is 0 Å². The number of nitrogens with zero attached hydrogens (tertiary/aromatic N) is 1. The van der Waals surface area contributed by atoms with Crippen molar-refractivity contribution >= 4 is 5.91 Å². The van der Waals surface area contributed by atoms with Crippen molar-refractivity contribution in [1.29, 1.82) is 0 Å². The molecule has 0 unspecified atom stereocenters. The van der Waals surface area contributed by atoms with Crippen molar-refractivity contribution in [3.63, 3.8) is 0 Å². The summed E-state index contributed by atoms with van der Waals surface area (Å²) in [5.74, 6) is 0.380. The molecule has 2 aromatic rings. The fourth-order valence-electron chi connectivity index (χ4n) is 2.07. The molecule has 0 bridgehead atoms. The molecule has 2 rings (SSSR count). The van der Waals surface area contributed by atoms with Gasteiger partial charge in [0.1, 0.15) is 11.3 Å². The number of nitrogens with one attached hydrogen (secondary N) is 1. The zero-order chi connectivity index (χ0) is 14.5. The molecule has 20 heavy (non-hydrogen) atoms. The number of aryl methyl sites for hydroxylation is 2. The van der Waals surface area contributed by atoms with Crippen molar-refractivity contribution < 1.29 is 9.32 Å². The summed E-state index contributed by atoms with van der Waals surface area (Å²) in [6.07, 6.45) is 0.867. The molecular weight excluding hydrogens is 254 g/mol. The lowest BCUT2D eigenvalue weighted by molar-refractivity contribution is 0.0949. The van der Waals surface area contributed by atoms with Crippen molar-refractivity contribution in [2.45, 2.75) is 26.8 Å². The molecule has 0 aliphatic rings. The zero-order valence-electron chi connectivity index (χ0n) is 11.8. The maximum atomic E-state index is 12.1. The Morgan fingerprint density at radius 1 is 1.25 bits per heavy atom. The van der Waals surface area contributed by atoms with Crippen LogP contribution in [0.5, 0.6) is 0 Å². The summed E-state index contributed by atoms with van der Waals surface area (Å²) in [6.45, 7) is 4.61. The molecule has 0 spiro atoms. The Morgan fingerprint density at radius 2 is 1.90 bits per heavy atom. The highest BCUT2D eigenvalue weighted by Gasteiger charge is 2.16. The van der Waals surface area contributed by atoms with Crippen LogP contribution in [0, 0.1) is 13.8 Å². The van der Waals surface area contributed by atoms with E-state index in [9.17, 15) is 4.79 Å². The van der Waals surface area contributed by atoms with Gasteiger partial charge in [0.2, 0.25) is 0 Å². The van der Waals surface area contributed by atoms with Gasteiger partial charge in [-0.1, -0.05) is 29.4 Å². The molecule has 3 N–H and O–H groups in total. The standard InChI is InChI=1S/C15H19N3O2/c1-10-14(11(2)20-18-10)15(19)17-9-13-5-3-12(4-6-13)7-8-16/h3-6H,7-9,16H2,1-2H3,(H,17,19). The summed E-state index contributed by atoms with van der Waals surface area (Å²) < 4.78 is 4.99. The number of hydrogen-bond acceptors (Lipinski definition) is 4. The van der Waals surface area contributed by atoms with Crippen molar-refractivity contribution in [3.8, 4) is 0 Å². The summed E-state index contributed by atoms with van der Waals surface area (Å²) in [4.78, 5) is 12.1. The quantitative estimate of drug-likeness (QED) is 0.869. The highest BCUT2D eigenvalue weighted by atomic mass is 16.5. The van der Waals surface area contributed by atoms with Crippen LogP contribution in [0.4, 0.5) is 0 Å². The number of hydrogen-bond donors (Lipinski definition) is 2. The average Bonchev–Trinajstić information content (AvgIpc) is 2.77. The van der Waals surface area contributed by atoms with Crippen LogP contribution in [0.3, 0.4) is 0 Å². The van der Waals surface area contributed by atoms with Crippen LogP contribution in [-0.2, 0) is 13.0 Å². The number of rotatable bonds is 5. The third-order valence-electron chi connectivity index (χ3n) is 3.17. The largest absolute Gasteiger partial charge is 0.361 e. The third kappa shape index (κ3) is 3.24. The highest BCUT2D eigenvalue weighted by molar-refractivity contribution is 5.95. The number of aromatic nitrogens is 1. The van der Waals surface area contributed by atoms with Crippen LogP contribution < -0.4 is 11.1 Å². The Bertz CT molecular complexity index is 568. The highest BCUT2D eigenvalue weighted by Crippen LogP contribution is 2.12. The fraction of sp³-hybridized carbons (Fsp3) is 0.333. The fourth-order valence-corrected chi connectivity index (χ4v) is 2.07. The van der Waals surface area contributed by atoms with Crippen molar-refractivity contribution in [2.75, 3.05) is 6.54 Å². The maximum Gasteiger partial charge on any atom is 0.257 e. The van der Waals surface area contributed by atoms with E-state index in [1.165, 1.54) is 5.56 Å². The first-order valence-corrected chi connectivity index (χ1v) is 6.60. The topological polar surface area (TPSA) is 81.2 Å². The lowest BCUT2D eigenvalue weighted by atomic mass is 10.1. The summed E-state index contributed by atoms with van der Waals surface area (Å²) in [6, 6.07) is 8.06. The Kier molecular flexibility index (Phi) is 4.53. The van der Waals surface area contributed by atoms with E-state index in [0.717, 1.165) is 12.0 Å². The second kappa shape index (κ2) is 6.34. The normalized spacial score (nSPS) is 10.6. The Hall–Kier alpha value is -2.14. The summed E-state index contributed by atoms with van der Waals surface area (Å²) in [5, 5.41) is 6.65. The van der Waals surface area contributed by atoms with Crippen LogP contribution >= 0.6 is 0 Å². The van der Waals surface area contributed by atoms with E-state index in [1.807, 2.05) is 24.3 Å². The van der Waals surface area contributed by atoms with Gasteiger partial charge in [0.25, 0.3) is 5.91 Å². The van der Waals surface area contributed by atoms with Crippen molar-refractivity contribution in [3.05, 3.63) is 52.4 Å². The smallest absolute Gasteiger partial charge is 0.257 e. The number of amides is 1. The van der Waals surface area contributed by atoms with Crippen LogP contribution in [-0.4, -0.2) is 17.6 Å². The van der Waals surface area contributed by atoms with Gasteiger partial charge in [0.05, 0.1) is 5.69 Å². The maximum absolute atomic E-state index is 12.1. The van der Waals surface area contributed by atoms with Gasteiger partial charge in [-0.2, -0.15) is 0 Å². The van der Waals surface area contributed by atoms with E-state index >= 15 is 0 Å². The molecule has 0 saturated carbocycles. The molecule has 5 heteroatoms. The predicted molar refractivity (Wildman–Crippen MR) is 76.3 cm³/mol. The van der Waals surface area contributed by atoms with Gasteiger partial charge in [-0.3, -0.25) is 4.79 Å². The first-order valence-electron chi connectivity index (χ1n) is 6.60. The average molecular weight is 273 g/mol. The van der Waals surface area contributed by atoms with Crippen LogP contribution in [0.2, 0.25) is 0 Å². The first kappa shape index (κ1) is 14.3. The van der Waals surface area contributed by atoms with Crippen LogP contribution in [0.15, 0.2) is 28.8 Å². The van der Waals surface area contributed by atoms with E-state index in [0.29, 0.717) is 30.1 Å². The first-order chi connectivity index (χ1) is 9.61. The van der Waals surface area contributed by atoms with E-state index in [1.54, 1.807) is 13.8 Å². The number of nitrogens with two attached hydrogens (primary N) is 1. The van der Waals surface area contributed by atoms with E-state index in [4.69, 9.17) is 10.3 Å². The molecule has 0 saturated heterocycles. The second-order valence-corrected chi connectivity index (χ2v) is 4.74. The molecule has 5 nitrogen and oxygen atoms in total. The lowest BCUT2D eigenvalue weighted by Gasteiger charge is -2.06. The summed E-state index contributed by atoms with van der Waals surface area (Å²) in [7, 11) is 0. The van der Waals surface area contributed by atoms with E-state index in [2.05, 4.69) is 10.5 Å². The van der Waals surface area contributed by atoms with Gasteiger partial charge in [0.15, 0.2) is 0 Å². The Morgan fingerprint density at radius 3 is 2.45 bits per heavy atom. The van der Waals surface area contributed by atoms with Gasteiger partial charge in [0, 0.05) is 6.54 Å². The van der Waals surface area contributed by atoms with Crippen molar-refractivity contribution in [2.24, 2.45) is 5.73 Å². The Balaban J connectivity index is 1.96. The minimum absolute atomic E-state index is 0.160. The molecule has 0 fully saturated rings. The SMILES string of the molecule is Cc1noc(C)c1C(=O)NCc1ccc(CCN)cc1. The van der Waals surface area contributed by atoms with Gasteiger partial charge >= 0.3 is 0 Å². The number of carbonyl (C=O) groups is 1. The molecule has 1 heterocycles. The molecule has 106 valence electrons. The van der Waals surface area contributed by atoms with Gasteiger partial charge in [-0.25, -0.2) is 0 Å². The molecule has 0 aliphatic carbocycles. The molecule has 0 radical (unpaired) electrons. The van der Waals surface area contributed by atoms with Crippen molar-refractivity contribution in [1.82, 2.24) is 10.5 Å². The predicted octanol–water partition coefficient (Wildman–Crippen LogP) is 1.72. The van der Waals surface area contributed by atoms with Gasteiger partial charge < -0.3 is 15.6 Å². The molecule has 1 aromatic carbocycles. The minimum atomic E-state index is -0.160. The molecular formula is C15H19N3O2. The van der Waals surface area contributed by atoms with E-state index in [-0.39, 0.29) is 5.91 Å². The Labute approximate surface area is 118 Å².